The summed E-state index contributed by atoms with van der Waals surface area (Å²) in [7, 11) is 0. The zero-order chi connectivity index (χ0) is 21.0. The number of ether oxygens (including phenoxy) is 1. The third-order valence-corrected chi connectivity index (χ3v) is 4.24. The van der Waals surface area contributed by atoms with Crippen LogP contribution in [0.5, 0.6) is 0 Å². The van der Waals surface area contributed by atoms with E-state index < -0.39 is 22.9 Å². The van der Waals surface area contributed by atoms with Crippen LogP contribution in [0.15, 0.2) is 54.9 Å². The summed E-state index contributed by atoms with van der Waals surface area (Å²) < 4.78 is 5.21. The summed E-state index contributed by atoms with van der Waals surface area (Å²) in [5.41, 5.74) is 1.88. The van der Waals surface area contributed by atoms with Gasteiger partial charge in [0.1, 0.15) is 5.82 Å². The second-order valence-electron chi connectivity index (χ2n) is 6.31. The lowest BCUT2D eigenvalue weighted by atomic mass is 10.1. The molecule has 1 amide bonds. The highest BCUT2D eigenvalue weighted by molar-refractivity contribution is 5.98. The molecule has 0 radical (unpaired) electrons. The maximum absolute atomic E-state index is 12.4. The molecule has 3 rings (SSSR count). The van der Waals surface area contributed by atoms with E-state index in [0.29, 0.717) is 11.4 Å². The molecule has 1 aromatic heterocycles. The molecule has 9 nitrogen and oxygen atoms in total. The molecule has 1 unspecified atom stereocenters. The zero-order valence-corrected chi connectivity index (χ0v) is 15.7. The standard InChI is InChI=1S/C20H18N4O5/c1-12-3-8-16(24(27)28)11-17(12)23-19(25)13(2)29-20(26)15-6-4-14(5-7-15)18-21-9-10-22-18/h3-11,13H,1-2H3,(H,21,22)(H,23,25). The number of aromatic amines is 1. The number of amides is 1. The number of rotatable bonds is 6. The molecule has 0 bridgehead atoms. The van der Waals surface area contributed by atoms with Gasteiger partial charge in [-0.1, -0.05) is 18.2 Å². The lowest BCUT2D eigenvalue weighted by Gasteiger charge is -2.14. The fourth-order valence-corrected chi connectivity index (χ4v) is 2.56. The van der Waals surface area contributed by atoms with Crippen LogP contribution < -0.4 is 5.32 Å². The normalized spacial score (nSPS) is 11.5. The fourth-order valence-electron chi connectivity index (χ4n) is 2.56. The van der Waals surface area contributed by atoms with E-state index in [2.05, 4.69) is 15.3 Å². The summed E-state index contributed by atoms with van der Waals surface area (Å²) in [6, 6.07) is 10.7. The Morgan fingerprint density at radius 1 is 1.21 bits per heavy atom. The first-order valence-corrected chi connectivity index (χ1v) is 8.72. The molecule has 0 aliphatic carbocycles. The number of carbonyl (C=O) groups excluding carboxylic acids is 2. The number of aryl methyl sites for hydroxylation is 1. The van der Waals surface area contributed by atoms with Gasteiger partial charge in [0.25, 0.3) is 11.6 Å². The van der Waals surface area contributed by atoms with E-state index in [1.54, 1.807) is 43.6 Å². The Bertz CT molecular complexity index is 1050. The van der Waals surface area contributed by atoms with Crippen molar-refractivity contribution in [2.24, 2.45) is 0 Å². The Hall–Kier alpha value is -4.01. The van der Waals surface area contributed by atoms with E-state index in [1.807, 2.05) is 0 Å². The van der Waals surface area contributed by atoms with Crippen molar-refractivity contribution in [1.29, 1.82) is 0 Å². The molecule has 2 aromatic carbocycles. The number of nitro groups is 1. The molecule has 2 N–H and O–H groups in total. The molecule has 1 atom stereocenters. The van der Waals surface area contributed by atoms with Crippen molar-refractivity contribution in [2.75, 3.05) is 5.32 Å². The number of anilines is 1. The molecule has 0 saturated heterocycles. The monoisotopic (exact) mass is 394 g/mol. The molecule has 3 aromatic rings. The molecule has 29 heavy (non-hydrogen) atoms. The molecular formula is C20H18N4O5. The second-order valence-corrected chi connectivity index (χ2v) is 6.31. The summed E-state index contributed by atoms with van der Waals surface area (Å²) in [6.07, 6.45) is 2.23. The van der Waals surface area contributed by atoms with Crippen LogP contribution >= 0.6 is 0 Å². The smallest absolute Gasteiger partial charge is 0.338 e. The number of H-pyrrole nitrogens is 1. The minimum Gasteiger partial charge on any atom is -0.449 e. The average molecular weight is 394 g/mol. The largest absolute Gasteiger partial charge is 0.449 e. The lowest BCUT2D eigenvalue weighted by Crippen LogP contribution is -2.30. The number of nitrogens with zero attached hydrogens (tertiary/aromatic N) is 2. The highest BCUT2D eigenvalue weighted by Gasteiger charge is 2.20. The van der Waals surface area contributed by atoms with Crippen molar-refractivity contribution in [1.82, 2.24) is 9.97 Å². The lowest BCUT2D eigenvalue weighted by molar-refractivity contribution is -0.384. The Labute approximate surface area is 165 Å². The summed E-state index contributed by atoms with van der Waals surface area (Å²) in [5.74, 6) is -0.575. The van der Waals surface area contributed by atoms with E-state index >= 15 is 0 Å². The maximum Gasteiger partial charge on any atom is 0.338 e. The van der Waals surface area contributed by atoms with Crippen molar-refractivity contribution in [2.45, 2.75) is 20.0 Å². The number of benzene rings is 2. The SMILES string of the molecule is Cc1ccc([N+](=O)[O-])cc1NC(=O)C(C)OC(=O)c1ccc(-c2ncc[nH]2)cc1. The Kier molecular flexibility index (Phi) is 5.68. The van der Waals surface area contributed by atoms with E-state index in [-0.39, 0.29) is 16.9 Å². The van der Waals surface area contributed by atoms with Crippen molar-refractivity contribution in [3.63, 3.8) is 0 Å². The molecule has 0 fully saturated rings. The van der Waals surface area contributed by atoms with E-state index in [4.69, 9.17) is 4.74 Å². The average Bonchev–Trinajstić information content (AvgIpc) is 3.24. The fraction of sp³-hybridized carbons (Fsp3) is 0.150. The van der Waals surface area contributed by atoms with Crippen LogP contribution in [0.3, 0.4) is 0 Å². The van der Waals surface area contributed by atoms with Crippen molar-refractivity contribution >= 4 is 23.3 Å². The third kappa shape index (κ3) is 4.64. The maximum atomic E-state index is 12.4. The van der Waals surface area contributed by atoms with Gasteiger partial charge in [-0.2, -0.15) is 0 Å². The van der Waals surface area contributed by atoms with Gasteiger partial charge in [0.05, 0.1) is 16.2 Å². The van der Waals surface area contributed by atoms with Crippen LogP contribution in [0.4, 0.5) is 11.4 Å². The van der Waals surface area contributed by atoms with Crippen LogP contribution in [0.1, 0.15) is 22.8 Å². The second kappa shape index (κ2) is 8.34. The number of hydrogen-bond donors (Lipinski definition) is 2. The molecule has 148 valence electrons. The Morgan fingerprint density at radius 3 is 2.55 bits per heavy atom. The van der Waals surface area contributed by atoms with Crippen molar-refractivity contribution < 1.29 is 19.2 Å². The van der Waals surface area contributed by atoms with Gasteiger partial charge < -0.3 is 15.0 Å². The number of imidazole rings is 1. The van der Waals surface area contributed by atoms with Crippen molar-refractivity contribution in [3.8, 4) is 11.4 Å². The van der Waals surface area contributed by atoms with Gasteiger partial charge in [-0.15, -0.1) is 0 Å². The van der Waals surface area contributed by atoms with Gasteiger partial charge >= 0.3 is 5.97 Å². The van der Waals surface area contributed by atoms with Gasteiger partial charge in [0.15, 0.2) is 6.10 Å². The first-order valence-electron chi connectivity index (χ1n) is 8.72. The van der Waals surface area contributed by atoms with Crippen LogP contribution in [0, 0.1) is 17.0 Å². The van der Waals surface area contributed by atoms with Gasteiger partial charge in [-0.25, -0.2) is 9.78 Å². The number of non-ortho nitro benzene ring substituents is 1. The highest BCUT2D eigenvalue weighted by Crippen LogP contribution is 2.22. The third-order valence-electron chi connectivity index (χ3n) is 4.24. The van der Waals surface area contributed by atoms with Gasteiger partial charge in [-0.3, -0.25) is 14.9 Å². The van der Waals surface area contributed by atoms with Gasteiger partial charge in [0.2, 0.25) is 0 Å². The molecule has 0 spiro atoms. The number of nitro benzene ring substituents is 1. The number of esters is 1. The molecule has 0 aliphatic rings. The number of carbonyl (C=O) groups is 2. The van der Waals surface area contributed by atoms with Crippen molar-refractivity contribution in [3.05, 3.63) is 76.1 Å². The summed E-state index contributed by atoms with van der Waals surface area (Å²) >= 11 is 0. The topological polar surface area (TPSA) is 127 Å². The van der Waals surface area contributed by atoms with E-state index in [0.717, 1.165) is 5.56 Å². The van der Waals surface area contributed by atoms with Crippen LogP contribution in [0.25, 0.3) is 11.4 Å². The predicted octanol–water partition coefficient (Wildman–Crippen LogP) is 3.48. The van der Waals surface area contributed by atoms with Crippen LogP contribution in [-0.2, 0) is 9.53 Å². The number of hydrogen-bond acceptors (Lipinski definition) is 6. The quantitative estimate of drug-likeness (QED) is 0.374. The number of aromatic nitrogens is 2. The minimum absolute atomic E-state index is 0.146. The Morgan fingerprint density at radius 2 is 1.93 bits per heavy atom. The van der Waals surface area contributed by atoms with Gasteiger partial charge in [-0.05, 0) is 31.5 Å². The van der Waals surface area contributed by atoms with E-state index in [9.17, 15) is 19.7 Å². The molecule has 9 heteroatoms. The first kappa shape index (κ1) is 19.7. The summed E-state index contributed by atoms with van der Waals surface area (Å²) in [4.78, 5) is 42.1. The highest BCUT2D eigenvalue weighted by atomic mass is 16.6. The van der Waals surface area contributed by atoms with E-state index in [1.165, 1.54) is 25.1 Å². The molecule has 1 heterocycles. The summed E-state index contributed by atoms with van der Waals surface area (Å²) in [5, 5.41) is 13.5. The molecular weight excluding hydrogens is 376 g/mol. The first-order chi connectivity index (χ1) is 13.8. The van der Waals surface area contributed by atoms with Crippen LogP contribution in [0.2, 0.25) is 0 Å². The Balaban J connectivity index is 1.64. The predicted molar refractivity (Wildman–Crippen MR) is 105 cm³/mol. The molecule has 0 saturated carbocycles. The van der Waals surface area contributed by atoms with Gasteiger partial charge in [0, 0.05) is 30.1 Å². The molecule has 0 aliphatic heterocycles. The van der Waals surface area contributed by atoms with Crippen LogP contribution in [-0.4, -0.2) is 32.9 Å². The summed E-state index contributed by atoms with van der Waals surface area (Å²) in [6.45, 7) is 3.13. The number of nitrogens with one attached hydrogen (secondary N) is 2. The zero-order valence-electron chi connectivity index (χ0n) is 15.7. The minimum atomic E-state index is -1.09.